The first-order chi connectivity index (χ1) is 13.5. The predicted molar refractivity (Wildman–Crippen MR) is 104 cm³/mol. The lowest BCUT2D eigenvalue weighted by Gasteiger charge is -2.10. The van der Waals surface area contributed by atoms with E-state index < -0.39 is 0 Å². The average molecular weight is 393 g/mol. The van der Waals surface area contributed by atoms with Gasteiger partial charge in [0.2, 0.25) is 5.27 Å². The van der Waals surface area contributed by atoms with Crippen LogP contribution in [0.3, 0.4) is 0 Å². The van der Waals surface area contributed by atoms with Crippen molar-refractivity contribution in [2.45, 2.75) is 31.8 Å². The Balaban J connectivity index is 1.77. The van der Waals surface area contributed by atoms with Gasteiger partial charge in [0, 0.05) is 11.3 Å². The molecule has 0 aliphatic rings. The van der Waals surface area contributed by atoms with E-state index >= 15 is 0 Å². The number of aliphatic imine (C=N–C) groups is 1. The molecule has 7 nitrogen and oxygen atoms in total. The maximum atomic E-state index is 12.2. The second-order valence-corrected chi connectivity index (χ2v) is 7.40. The molecule has 0 N–H and O–H groups in total. The van der Waals surface area contributed by atoms with Crippen LogP contribution in [0.2, 0.25) is 0 Å². The minimum Gasteiger partial charge on any atom is -0.861 e. The third kappa shape index (κ3) is 4.75. The summed E-state index contributed by atoms with van der Waals surface area (Å²) in [4.78, 5) is 8.46. The van der Waals surface area contributed by atoms with Gasteiger partial charge in [0.25, 0.3) is 6.20 Å². The van der Waals surface area contributed by atoms with Crippen LogP contribution in [0.1, 0.15) is 31.0 Å². The number of nitriles is 1. The van der Waals surface area contributed by atoms with Crippen molar-refractivity contribution in [3.8, 4) is 17.3 Å². The molecular weight excluding hydrogens is 374 g/mol. The lowest BCUT2D eigenvalue weighted by molar-refractivity contribution is -0.779. The first kappa shape index (κ1) is 19.6. The molecule has 0 saturated carbocycles. The van der Waals surface area contributed by atoms with E-state index in [1.54, 1.807) is 23.0 Å². The molecule has 2 aromatic heterocycles. The first-order valence-electron chi connectivity index (χ1n) is 8.70. The van der Waals surface area contributed by atoms with Crippen molar-refractivity contribution in [2.75, 3.05) is 5.75 Å². The fourth-order valence-electron chi connectivity index (χ4n) is 2.35. The van der Waals surface area contributed by atoms with Crippen LogP contribution in [0.15, 0.2) is 57.1 Å². The SMILES string of the molecule is Cc1ccc(-c2ccc(C#N)c(SC/C([O-])=N/c3c[n+](C(C)C)no3)n2)cc1. The van der Waals surface area contributed by atoms with Crippen molar-refractivity contribution >= 4 is 23.5 Å². The van der Waals surface area contributed by atoms with E-state index in [1.165, 1.54) is 11.8 Å². The van der Waals surface area contributed by atoms with Gasteiger partial charge in [-0.05, 0) is 43.5 Å². The smallest absolute Gasteiger partial charge is 0.320 e. The molecule has 0 saturated heterocycles. The van der Waals surface area contributed by atoms with Crippen LogP contribution in [-0.4, -0.2) is 21.9 Å². The zero-order valence-electron chi connectivity index (χ0n) is 15.8. The Morgan fingerprint density at radius 2 is 2.04 bits per heavy atom. The Kier molecular flexibility index (Phi) is 6.06. The van der Waals surface area contributed by atoms with Crippen LogP contribution in [0.4, 0.5) is 5.88 Å². The Morgan fingerprint density at radius 1 is 1.29 bits per heavy atom. The van der Waals surface area contributed by atoms with Gasteiger partial charge in [-0.1, -0.05) is 41.6 Å². The molecule has 3 rings (SSSR count). The highest BCUT2D eigenvalue weighted by Crippen LogP contribution is 2.25. The molecule has 142 valence electrons. The Morgan fingerprint density at radius 3 is 2.68 bits per heavy atom. The third-order valence-electron chi connectivity index (χ3n) is 3.90. The second kappa shape index (κ2) is 8.67. The number of hydrogen-bond acceptors (Lipinski definition) is 7. The van der Waals surface area contributed by atoms with Gasteiger partial charge in [-0.15, -0.1) is 0 Å². The molecule has 0 fully saturated rings. The number of aryl methyl sites for hydroxylation is 1. The molecule has 0 unspecified atom stereocenters. The average Bonchev–Trinajstić information content (AvgIpc) is 3.15. The van der Waals surface area contributed by atoms with Crippen LogP contribution >= 0.6 is 11.8 Å². The summed E-state index contributed by atoms with van der Waals surface area (Å²) in [5.74, 6) is -0.189. The number of rotatable bonds is 6. The van der Waals surface area contributed by atoms with Gasteiger partial charge >= 0.3 is 5.88 Å². The summed E-state index contributed by atoms with van der Waals surface area (Å²) in [7, 11) is 0. The number of hydrogen-bond donors (Lipinski definition) is 0. The molecule has 0 atom stereocenters. The zero-order valence-corrected chi connectivity index (χ0v) is 16.6. The van der Waals surface area contributed by atoms with Gasteiger partial charge in [-0.2, -0.15) is 5.26 Å². The lowest BCUT2D eigenvalue weighted by atomic mass is 10.1. The second-order valence-electron chi connectivity index (χ2n) is 6.44. The maximum Gasteiger partial charge on any atom is 0.320 e. The predicted octanol–water partition coefficient (Wildman–Crippen LogP) is 2.97. The number of nitrogens with zero attached hydrogens (tertiary/aromatic N) is 5. The fraction of sp³-hybridized carbons (Fsp3) is 0.250. The Labute approximate surface area is 167 Å². The molecule has 2 heterocycles. The summed E-state index contributed by atoms with van der Waals surface area (Å²) in [6.45, 7) is 5.91. The summed E-state index contributed by atoms with van der Waals surface area (Å²) in [5, 5.41) is 25.8. The van der Waals surface area contributed by atoms with E-state index in [9.17, 15) is 10.4 Å². The normalized spacial score (nSPS) is 11.6. The first-order valence-corrected chi connectivity index (χ1v) is 9.68. The largest absolute Gasteiger partial charge is 0.861 e. The summed E-state index contributed by atoms with van der Waals surface area (Å²) >= 11 is 1.18. The van der Waals surface area contributed by atoms with E-state index in [1.807, 2.05) is 45.0 Å². The summed E-state index contributed by atoms with van der Waals surface area (Å²) in [6.07, 6.45) is 1.57. The molecule has 0 amide bonds. The van der Waals surface area contributed by atoms with Gasteiger partial charge in [-0.3, -0.25) is 4.52 Å². The van der Waals surface area contributed by atoms with Gasteiger partial charge in [0.05, 0.1) is 11.3 Å². The van der Waals surface area contributed by atoms with E-state index in [0.29, 0.717) is 10.6 Å². The van der Waals surface area contributed by atoms with Crippen molar-refractivity contribution < 1.29 is 14.3 Å². The molecular formula is C20H19N5O2S. The lowest BCUT2D eigenvalue weighted by Crippen LogP contribution is -2.36. The summed E-state index contributed by atoms with van der Waals surface area (Å²) < 4.78 is 6.61. The minimum atomic E-state index is -0.386. The molecule has 0 bridgehead atoms. The van der Waals surface area contributed by atoms with Gasteiger partial charge < -0.3 is 5.11 Å². The molecule has 3 aromatic rings. The highest BCUT2D eigenvalue weighted by Gasteiger charge is 2.14. The van der Waals surface area contributed by atoms with Crippen molar-refractivity contribution in [2.24, 2.45) is 4.99 Å². The van der Waals surface area contributed by atoms with Crippen LogP contribution < -0.4 is 9.79 Å². The molecule has 28 heavy (non-hydrogen) atoms. The van der Waals surface area contributed by atoms with Crippen LogP contribution in [0.5, 0.6) is 0 Å². The van der Waals surface area contributed by atoms with Crippen molar-refractivity contribution in [3.05, 3.63) is 53.7 Å². The molecule has 0 radical (unpaired) electrons. The third-order valence-corrected chi connectivity index (χ3v) is 4.87. The summed E-state index contributed by atoms with van der Waals surface area (Å²) in [6, 6.07) is 13.7. The number of pyridine rings is 1. The number of thioether (sulfide) groups is 1. The van der Waals surface area contributed by atoms with Gasteiger partial charge in [-0.25, -0.2) is 9.98 Å². The van der Waals surface area contributed by atoms with Crippen LogP contribution in [-0.2, 0) is 0 Å². The molecule has 0 spiro atoms. The Hall–Kier alpha value is -3.18. The topological polar surface area (TPSA) is 102 Å². The molecule has 1 aromatic carbocycles. The standard InChI is InChI=1S/C20H19N5O2S/c1-13(2)25-11-19(27-24-25)23-18(26)12-28-20-16(10-21)8-9-17(22-20)15-6-4-14(3)5-7-15/h4-9,11,13H,12H2,1-3H3. The highest BCUT2D eigenvalue weighted by atomic mass is 32.2. The van der Waals surface area contributed by atoms with Crippen molar-refractivity contribution in [3.63, 3.8) is 0 Å². The number of benzene rings is 1. The maximum absolute atomic E-state index is 12.2. The molecule has 0 aliphatic carbocycles. The van der Waals surface area contributed by atoms with Gasteiger partial charge in [0.15, 0.2) is 6.04 Å². The monoisotopic (exact) mass is 393 g/mol. The van der Waals surface area contributed by atoms with Crippen LogP contribution in [0, 0.1) is 18.3 Å². The van der Waals surface area contributed by atoms with E-state index in [-0.39, 0.29) is 23.6 Å². The molecule has 8 heteroatoms. The van der Waals surface area contributed by atoms with Gasteiger partial charge in [0.1, 0.15) is 11.1 Å². The van der Waals surface area contributed by atoms with E-state index in [0.717, 1.165) is 16.8 Å². The minimum absolute atomic E-state index is 0.0431. The van der Waals surface area contributed by atoms with Crippen molar-refractivity contribution in [1.29, 1.82) is 5.26 Å². The fourth-order valence-corrected chi connectivity index (χ4v) is 3.10. The van der Waals surface area contributed by atoms with E-state index in [4.69, 9.17) is 4.52 Å². The van der Waals surface area contributed by atoms with Crippen LogP contribution in [0.25, 0.3) is 11.3 Å². The van der Waals surface area contributed by atoms with Crippen molar-refractivity contribution in [1.82, 2.24) is 10.3 Å². The quantitative estimate of drug-likeness (QED) is 0.276. The number of aromatic nitrogens is 3. The zero-order chi connectivity index (χ0) is 20.1. The molecule has 0 aliphatic heterocycles. The Bertz CT molecular complexity index is 1040. The summed E-state index contributed by atoms with van der Waals surface area (Å²) in [5.41, 5.74) is 3.28. The van der Waals surface area contributed by atoms with E-state index in [2.05, 4.69) is 21.3 Å². The highest BCUT2D eigenvalue weighted by molar-refractivity contribution is 7.99.